The molecule has 0 aliphatic carbocycles. The number of hydrogen-bond acceptors (Lipinski definition) is 3. The first-order valence-corrected chi connectivity index (χ1v) is 19.6. The van der Waals surface area contributed by atoms with Gasteiger partial charge in [-0.05, 0) is 77.0 Å². The lowest BCUT2D eigenvalue weighted by Gasteiger charge is -2.40. The molecule has 45 heavy (non-hydrogen) atoms. The monoisotopic (exact) mass is 629 g/mol. The van der Waals surface area contributed by atoms with E-state index in [0.717, 1.165) is 45.5 Å². The fourth-order valence-corrected chi connectivity index (χ4v) is 6.14. The summed E-state index contributed by atoms with van der Waals surface area (Å²) in [7, 11) is 1.77. The molecule has 262 valence electrons. The highest BCUT2D eigenvalue weighted by molar-refractivity contribution is 4.93. The Morgan fingerprint density at radius 2 is 0.844 bits per heavy atom. The van der Waals surface area contributed by atoms with Gasteiger partial charge in [-0.15, -0.1) is 0 Å². The molecule has 1 rings (SSSR count). The second-order valence-electron chi connectivity index (χ2n) is 13.5. The second kappa shape index (κ2) is 32.8. The van der Waals surface area contributed by atoms with Crippen molar-refractivity contribution in [3.05, 3.63) is 48.6 Å². The molecule has 0 aromatic rings. The van der Waals surface area contributed by atoms with Crippen molar-refractivity contribution in [2.24, 2.45) is 5.92 Å². The van der Waals surface area contributed by atoms with E-state index in [4.69, 9.17) is 14.2 Å². The Morgan fingerprint density at radius 3 is 1.22 bits per heavy atom. The molecule has 0 aromatic heterocycles. The van der Waals surface area contributed by atoms with E-state index in [9.17, 15) is 0 Å². The summed E-state index contributed by atoms with van der Waals surface area (Å²) in [6.45, 7) is 6.81. The van der Waals surface area contributed by atoms with Gasteiger partial charge in [0.1, 0.15) is 0 Å². The molecule has 0 atom stereocenters. The minimum Gasteiger partial charge on any atom is -0.384 e. The van der Waals surface area contributed by atoms with Crippen molar-refractivity contribution in [2.75, 3.05) is 26.9 Å². The molecule has 3 nitrogen and oxygen atoms in total. The van der Waals surface area contributed by atoms with Gasteiger partial charge in [0, 0.05) is 25.9 Å². The largest absolute Gasteiger partial charge is 0.384 e. The fourth-order valence-electron chi connectivity index (χ4n) is 6.14. The normalized spacial score (nSPS) is 16.0. The predicted octanol–water partition coefficient (Wildman–Crippen LogP) is 13.4. The Labute approximate surface area is 281 Å². The minimum atomic E-state index is -0.352. The average molecular weight is 629 g/mol. The third-order valence-corrected chi connectivity index (χ3v) is 9.08. The summed E-state index contributed by atoms with van der Waals surface area (Å²) in [5.41, 5.74) is 0. The van der Waals surface area contributed by atoms with Crippen molar-refractivity contribution in [3.8, 4) is 0 Å². The first kappa shape index (κ1) is 41.9. The van der Waals surface area contributed by atoms with Gasteiger partial charge in [0.2, 0.25) is 0 Å². The molecule has 1 aliphatic heterocycles. The van der Waals surface area contributed by atoms with Gasteiger partial charge in [-0.3, -0.25) is 0 Å². The zero-order valence-corrected chi connectivity index (χ0v) is 30.4. The minimum absolute atomic E-state index is 0.352. The molecule has 0 radical (unpaired) electrons. The maximum atomic E-state index is 6.45. The summed E-state index contributed by atoms with van der Waals surface area (Å²) < 4.78 is 18.3. The third-order valence-electron chi connectivity index (χ3n) is 9.08. The third kappa shape index (κ3) is 26.6. The van der Waals surface area contributed by atoms with E-state index < -0.39 is 0 Å². The summed E-state index contributed by atoms with van der Waals surface area (Å²) in [5.74, 6) is 0.0178. The van der Waals surface area contributed by atoms with Crippen LogP contribution in [0.5, 0.6) is 0 Å². The number of ether oxygens (including phenoxy) is 3. The van der Waals surface area contributed by atoms with E-state index >= 15 is 0 Å². The molecule has 0 amide bonds. The number of unbranched alkanes of at least 4 members (excludes halogenated alkanes) is 18. The summed E-state index contributed by atoms with van der Waals surface area (Å²) in [6.07, 6.45) is 51.7. The quantitative estimate of drug-likeness (QED) is 0.0548. The van der Waals surface area contributed by atoms with Gasteiger partial charge in [-0.25, -0.2) is 0 Å². The Balaban J connectivity index is 2.12. The van der Waals surface area contributed by atoms with E-state index in [1.807, 2.05) is 0 Å². The molecular formula is C42H76O3. The van der Waals surface area contributed by atoms with Crippen molar-refractivity contribution < 1.29 is 14.2 Å². The van der Waals surface area contributed by atoms with Crippen LogP contribution in [0.4, 0.5) is 0 Å². The van der Waals surface area contributed by atoms with E-state index in [0.29, 0.717) is 5.92 Å². The fraction of sp³-hybridized carbons (Fsp3) is 0.810. The molecule has 0 spiro atoms. The van der Waals surface area contributed by atoms with Crippen molar-refractivity contribution >= 4 is 0 Å². The highest BCUT2D eigenvalue weighted by Crippen LogP contribution is 2.33. The molecular weight excluding hydrogens is 552 g/mol. The van der Waals surface area contributed by atoms with E-state index in [1.165, 1.54) is 141 Å². The van der Waals surface area contributed by atoms with Crippen LogP contribution in [0.3, 0.4) is 0 Å². The molecule has 0 bridgehead atoms. The smallest absolute Gasteiger partial charge is 0.168 e. The Hall–Kier alpha value is -1.16. The molecule has 0 aromatic carbocycles. The molecule has 0 unspecified atom stereocenters. The Kier molecular flexibility index (Phi) is 30.5. The topological polar surface area (TPSA) is 27.7 Å². The lowest BCUT2D eigenvalue weighted by Crippen LogP contribution is -2.45. The molecule has 1 aliphatic rings. The Morgan fingerprint density at radius 1 is 0.489 bits per heavy atom. The van der Waals surface area contributed by atoms with Crippen LogP contribution in [-0.2, 0) is 14.2 Å². The van der Waals surface area contributed by atoms with Gasteiger partial charge in [0.25, 0.3) is 0 Å². The zero-order valence-electron chi connectivity index (χ0n) is 30.4. The summed E-state index contributed by atoms with van der Waals surface area (Å²) in [4.78, 5) is 0. The molecule has 1 heterocycles. The van der Waals surface area contributed by atoms with Gasteiger partial charge in [0.15, 0.2) is 5.79 Å². The Bertz CT molecular complexity index is 663. The highest BCUT2D eigenvalue weighted by Gasteiger charge is 2.36. The number of methoxy groups -OCH3 is 1. The van der Waals surface area contributed by atoms with Crippen LogP contribution in [0.25, 0.3) is 0 Å². The molecule has 1 saturated heterocycles. The first-order chi connectivity index (χ1) is 22.3. The summed E-state index contributed by atoms with van der Waals surface area (Å²) >= 11 is 0. The molecule has 1 fully saturated rings. The van der Waals surface area contributed by atoms with Gasteiger partial charge < -0.3 is 14.2 Å². The standard InChI is InChI=1S/C42H76O3/c1-4-6-8-10-12-14-16-18-20-22-24-26-28-30-32-34-36-42(44-39-41(38-43-3)40-45-42)37-35-33-31-29-27-25-23-21-19-17-15-13-11-9-7-5-2/h12-15,18-21,41H,4-11,16-17,22-40H2,1-3H3/b14-12-,15-13-,20-18-,21-19-. The number of rotatable bonds is 32. The first-order valence-electron chi connectivity index (χ1n) is 19.6. The van der Waals surface area contributed by atoms with Crippen molar-refractivity contribution in [2.45, 2.75) is 187 Å². The lowest BCUT2D eigenvalue weighted by atomic mass is 9.97. The van der Waals surface area contributed by atoms with E-state index in [1.54, 1.807) is 7.11 Å². The van der Waals surface area contributed by atoms with Crippen molar-refractivity contribution in [1.82, 2.24) is 0 Å². The average Bonchev–Trinajstić information content (AvgIpc) is 3.05. The molecule has 0 saturated carbocycles. The van der Waals surface area contributed by atoms with Crippen LogP contribution in [0.2, 0.25) is 0 Å². The van der Waals surface area contributed by atoms with Crippen molar-refractivity contribution in [3.63, 3.8) is 0 Å². The van der Waals surface area contributed by atoms with Gasteiger partial charge in [0.05, 0.1) is 19.8 Å². The van der Waals surface area contributed by atoms with Crippen LogP contribution in [0.1, 0.15) is 181 Å². The van der Waals surface area contributed by atoms with Crippen molar-refractivity contribution in [1.29, 1.82) is 0 Å². The maximum absolute atomic E-state index is 6.45. The molecule has 3 heteroatoms. The zero-order chi connectivity index (χ0) is 32.4. The number of hydrogen-bond donors (Lipinski definition) is 0. The van der Waals surface area contributed by atoms with E-state index in [-0.39, 0.29) is 5.79 Å². The van der Waals surface area contributed by atoms with Crippen LogP contribution in [-0.4, -0.2) is 32.7 Å². The predicted molar refractivity (Wildman–Crippen MR) is 198 cm³/mol. The number of allylic oxidation sites excluding steroid dienone is 8. The van der Waals surface area contributed by atoms with Crippen LogP contribution < -0.4 is 0 Å². The van der Waals surface area contributed by atoms with Gasteiger partial charge in [-0.2, -0.15) is 0 Å². The second-order valence-corrected chi connectivity index (χ2v) is 13.5. The van der Waals surface area contributed by atoms with E-state index in [2.05, 4.69) is 62.5 Å². The van der Waals surface area contributed by atoms with Gasteiger partial charge >= 0.3 is 0 Å². The summed E-state index contributed by atoms with van der Waals surface area (Å²) in [6, 6.07) is 0. The highest BCUT2D eigenvalue weighted by atomic mass is 16.7. The summed E-state index contributed by atoms with van der Waals surface area (Å²) in [5, 5.41) is 0. The van der Waals surface area contributed by atoms with Crippen LogP contribution in [0.15, 0.2) is 48.6 Å². The molecule has 0 N–H and O–H groups in total. The van der Waals surface area contributed by atoms with Gasteiger partial charge in [-0.1, -0.05) is 140 Å². The van der Waals surface area contributed by atoms with Crippen LogP contribution >= 0.6 is 0 Å². The lowest BCUT2D eigenvalue weighted by molar-refractivity contribution is -0.293. The SMILES string of the molecule is CCCCC/C=C\C/C=C\CCCCCCCCC1(CCCCCCCC/C=C\C/C=C\CCCCC)OCC(COC)CO1. The maximum Gasteiger partial charge on any atom is 0.168 e. The van der Waals surface area contributed by atoms with Crippen LogP contribution in [0, 0.1) is 5.92 Å².